The van der Waals surface area contributed by atoms with E-state index in [2.05, 4.69) is 50.0 Å². The topological polar surface area (TPSA) is 75.3 Å². The molecule has 144 valence electrons. The van der Waals surface area contributed by atoms with Crippen LogP contribution >= 0.6 is 35.3 Å². The molecular weight excluding hydrogens is 473 g/mol. The number of halogens is 1. The number of nitrogens with one attached hydrogen (secondary N) is 2. The smallest absolute Gasteiger partial charge is 0.214 e. The molecule has 3 aromatic rings. The van der Waals surface area contributed by atoms with E-state index in [9.17, 15) is 0 Å². The molecule has 0 aliphatic rings. The minimum atomic E-state index is 0. The van der Waals surface area contributed by atoms with Gasteiger partial charge in [-0.25, -0.2) is 9.97 Å². The summed E-state index contributed by atoms with van der Waals surface area (Å²) in [6.45, 7) is 5.32. The van der Waals surface area contributed by atoms with Crippen molar-refractivity contribution in [2.45, 2.75) is 26.8 Å². The van der Waals surface area contributed by atoms with E-state index >= 15 is 0 Å². The first-order chi connectivity index (χ1) is 12.6. The zero-order chi connectivity index (χ0) is 18.4. The molecule has 0 amide bonds. The Balaban J connectivity index is 0.00000261. The molecule has 0 saturated carbocycles. The van der Waals surface area contributed by atoms with E-state index in [0.29, 0.717) is 18.4 Å². The molecule has 6 nitrogen and oxygen atoms in total. The van der Waals surface area contributed by atoms with Gasteiger partial charge < -0.3 is 15.1 Å². The molecule has 2 heterocycles. The Morgan fingerprint density at radius 3 is 2.63 bits per heavy atom. The number of guanidine groups is 1. The standard InChI is InChI=1S/C19H23N5OS.HI/c1-13-4-6-15(7-5-13)17-10-22-18(25-17)11-23-19(20-3)21-9-8-16-12-26-14(2)24-16;/h4-7,10,12H,8-9,11H2,1-3H3,(H2,20,21,23);1H. The fourth-order valence-corrected chi connectivity index (χ4v) is 3.10. The highest BCUT2D eigenvalue weighted by molar-refractivity contribution is 14.0. The minimum absolute atomic E-state index is 0. The maximum Gasteiger partial charge on any atom is 0.214 e. The Morgan fingerprint density at radius 1 is 1.19 bits per heavy atom. The average molecular weight is 497 g/mol. The van der Waals surface area contributed by atoms with E-state index in [-0.39, 0.29) is 24.0 Å². The zero-order valence-electron chi connectivity index (χ0n) is 15.7. The summed E-state index contributed by atoms with van der Waals surface area (Å²) < 4.78 is 5.82. The van der Waals surface area contributed by atoms with Crippen LogP contribution in [0.2, 0.25) is 0 Å². The van der Waals surface area contributed by atoms with Gasteiger partial charge in [-0.1, -0.05) is 29.8 Å². The third kappa shape index (κ3) is 6.31. The van der Waals surface area contributed by atoms with Gasteiger partial charge in [0.25, 0.3) is 0 Å². The second-order valence-corrected chi connectivity index (χ2v) is 7.01. The fourth-order valence-electron chi connectivity index (χ4n) is 2.46. The first-order valence-electron chi connectivity index (χ1n) is 8.51. The number of benzene rings is 1. The van der Waals surface area contributed by atoms with Crippen LogP contribution in [0.25, 0.3) is 11.3 Å². The van der Waals surface area contributed by atoms with Crippen LogP contribution in [0.1, 0.15) is 22.2 Å². The third-order valence-electron chi connectivity index (χ3n) is 3.86. The Bertz CT molecular complexity index is 872. The van der Waals surface area contributed by atoms with Gasteiger partial charge >= 0.3 is 0 Å². The molecule has 0 spiro atoms. The van der Waals surface area contributed by atoms with Crippen LogP contribution < -0.4 is 10.6 Å². The summed E-state index contributed by atoms with van der Waals surface area (Å²) in [6, 6.07) is 8.19. The summed E-state index contributed by atoms with van der Waals surface area (Å²) >= 11 is 1.67. The number of oxazole rings is 1. The van der Waals surface area contributed by atoms with Crippen LogP contribution in [0.3, 0.4) is 0 Å². The molecule has 27 heavy (non-hydrogen) atoms. The molecule has 2 N–H and O–H groups in total. The molecule has 3 rings (SSSR count). The molecular formula is C19H24IN5OS. The van der Waals surface area contributed by atoms with Crippen molar-refractivity contribution in [3.8, 4) is 11.3 Å². The van der Waals surface area contributed by atoms with Crippen LogP contribution in [-0.2, 0) is 13.0 Å². The van der Waals surface area contributed by atoms with E-state index in [1.165, 1.54) is 5.56 Å². The van der Waals surface area contributed by atoms with Crippen molar-refractivity contribution in [3.05, 3.63) is 58.0 Å². The van der Waals surface area contributed by atoms with Gasteiger partial charge in [-0.05, 0) is 13.8 Å². The summed E-state index contributed by atoms with van der Waals surface area (Å²) in [5.41, 5.74) is 3.35. The maximum atomic E-state index is 5.82. The summed E-state index contributed by atoms with van der Waals surface area (Å²) in [5, 5.41) is 9.68. The van der Waals surface area contributed by atoms with E-state index < -0.39 is 0 Å². The van der Waals surface area contributed by atoms with Gasteiger partial charge in [0.05, 0.1) is 23.4 Å². The number of rotatable bonds is 6. The summed E-state index contributed by atoms with van der Waals surface area (Å²) in [6.07, 6.45) is 2.62. The molecule has 0 aliphatic carbocycles. The monoisotopic (exact) mass is 497 g/mol. The van der Waals surface area contributed by atoms with Crippen molar-refractivity contribution in [3.63, 3.8) is 0 Å². The minimum Gasteiger partial charge on any atom is -0.439 e. The SMILES string of the molecule is CN=C(NCCc1csc(C)n1)NCc1ncc(-c2ccc(C)cc2)o1.I. The number of nitrogens with zero attached hydrogens (tertiary/aromatic N) is 3. The average Bonchev–Trinajstić information content (AvgIpc) is 3.28. The van der Waals surface area contributed by atoms with Crippen molar-refractivity contribution >= 4 is 41.3 Å². The van der Waals surface area contributed by atoms with E-state index in [4.69, 9.17) is 4.42 Å². The molecule has 1 aromatic carbocycles. The second kappa shape index (κ2) is 10.4. The first-order valence-corrected chi connectivity index (χ1v) is 9.39. The van der Waals surface area contributed by atoms with Crippen molar-refractivity contribution < 1.29 is 4.42 Å². The quantitative estimate of drug-likeness (QED) is 0.307. The second-order valence-electron chi connectivity index (χ2n) is 5.94. The summed E-state index contributed by atoms with van der Waals surface area (Å²) in [4.78, 5) is 13.0. The van der Waals surface area contributed by atoms with Crippen LogP contribution in [0.15, 0.2) is 45.3 Å². The first kappa shape index (κ1) is 21.4. The lowest BCUT2D eigenvalue weighted by Gasteiger charge is -2.09. The Hall–Kier alpha value is -1.94. The predicted molar refractivity (Wildman–Crippen MR) is 121 cm³/mol. The van der Waals surface area contributed by atoms with Gasteiger partial charge in [-0.3, -0.25) is 4.99 Å². The molecule has 0 radical (unpaired) electrons. The van der Waals surface area contributed by atoms with Crippen LogP contribution in [0.5, 0.6) is 0 Å². The Morgan fingerprint density at radius 2 is 1.96 bits per heavy atom. The number of aromatic nitrogens is 2. The highest BCUT2D eigenvalue weighted by atomic mass is 127. The van der Waals surface area contributed by atoms with Crippen LogP contribution in [0, 0.1) is 13.8 Å². The Kier molecular flexibility index (Phi) is 8.23. The number of hydrogen-bond acceptors (Lipinski definition) is 5. The lowest BCUT2D eigenvalue weighted by atomic mass is 10.1. The molecule has 0 bridgehead atoms. The van der Waals surface area contributed by atoms with Crippen molar-refractivity contribution in [2.75, 3.05) is 13.6 Å². The lowest BCUT2D eigenvalue weighted by molar-refractivity contribution is 0.497. The van der Waals surface area contributed by atoms with E-state index in [1.54, 1.807) is 24.6 Å². The number of thiazole rings is 1. The number of hydrogen-bond donors (Lipinski definition) is 2. The number of aliphatic imine (C=N–C) groups is 1. The summed E-state index contributed by atoms with van der Waals surface area (Å²) in [5.74, 6) is 2.11. The predicted octanol–water partition coefficient (Wildman–Crippen LogP) is 3.94. The van der Waals surface area contributed by atoms with Gasteiger partial charge in [0.1, 0.15) is 0 Å². The Labute approximate surface area is 180 Å². The van der Waals surface area contributed by atoms with Gasteiger partial charge in [0, 0.05) is 31.0 Å². The number of aryl methyl sites for hydroxylation is 2. The highest BCUT2D eigenvalue weighted by Gasteiger charge is 2.07. The van der Waals surface area contributed by atoms with E-state index in [1.807, 2.05) is 19.1 Å². The molecule has 0 saturated heterocycles. The molecule has 0 aliphatic heterocycles. The van der Waals surface area contributed by atoms with Crippen LogP contribution in [-0.4, -0.2) is 29.5 Å². The highest BCUT2D eigenvalue weighted by Crippen LogP contribution is 2.20. The molecule has 2 aromatic heterocycles. The molecule has 0 unspecified atom stereocenters. The van der Waals surface area contributed by atoms with Gasteiger partial charge in [-0.15, -0.1) is 35.3 Å². The van der Waals surface area contributed by atoms with Crippen molar-refractivity contribution in [1.82, 2.24) is 20.6 Å². The third-order valence-corrected chi connectivity index (χ3v) is 4.68. The summed E-state index contributed by atoms with van der Waals surface area (Å²) in [7, 11) is 1.75. The maximum absolute atomic E-state index is 5.82. The van der Waals surface area contributed by atoms with Gasteiger partial charge in [0.15, 0.2) is 11.7 Å². The lowest BCUT2D eigenvalue weighted by Crippen LogP contribution is -2.37. The van der Waals surface area contributed by atoms with Gasteiger partial charge in [-0.2, -0.15) is 0 Å². The van der Waals surface area contributed by atoms with Crippen molar-refractivity contribution in [1.29, 1.82) is 0 Å². The van der Waals surface area contributed by atoms with Gasteiger partial charge in [0.2, 0.25) is 5.89 Å². The molecule has 0 atom stereocenters. The zero-order valence-corrected chi connectivity index (χ0v) is 18.8. The largest absolute Gasteiger partial charge is 0.439 e. The van der Waals surface area contributed by atoms with E-state index in [0.717, 1.165) is 35.0 Å². The normalized spacial score (nSPS) is 11.1. The molecule has 0 fully saturated rings. The fraction of sp³-hybridized carbons (Fsp3) is 0.316. The molecule has 8 heteroatoms. The van der Waals surface area contributed by atoms with Crippen LogP contribution in [0.4, 0.5) is 0 Å². The van der Waals surface area contributed by atoms with Crippen molar-refractivity contribution in [2.24, 2.45) is 4.99 Å².